The molecule has 3 nitrogen and oxygen atoms in total. The van der Waals surface area contributed by atoms with Crippen LogP contribution in [0.2, 0.25) is 0 Å². The van der Waals surface area contributed by atoms with E-state index in [2.05, 4.69) is 88.4 Å². The Morgan fingerprint density at radius 2 is 1.06 bits per heavy atom. The van der Waals surface area contributed by atoms with Gasteiger partial charge in [-0.1, -0.05) is 138 Å². The largest absolute Gasteiger partial charge is 0.392 e. The van der Waals surface area contributed by atoms with Crippen molar-refractivity contribution in [2.75, 3.05) is 0 Å². The molecular formula is C46H69ClO3Y2-2. The molecule has 2 radical (unpaired) electrons. The number of hydrogen-bond donors (Lipinski definition) is 3. The zero-order chi connectivity index (χ0) is 36.1. The number of unbranched alkanes of at least 4 members (excludes halogenated alkanes) is 6. The summed E-state index contributed by atoms with van der Waals surface area (Å²) in [6, 6.07) is 16.9. The molecule has 2 aliphatic rings. The number of rotatable bonds is 20. The maximum Gasteiger partial charge on any atom is 0.0790 e. The second-order valence-electron chi connectivity index (χ2n) is 14.9. The quantitative estimate of drug-likeness (QED) is 0.0537. The van der Waals surface area contributed by atoms with E-state index in [9.17, 15) is 15.3 Å². The van der Waals surface area contributed by atoms with Gasteiger partial charge in [0.1, 0.15) is 0 Å². The molecular weight excluding hydrogens is 814 g/mol. The Kier molecular flexibility index (Phi) is 28.6. The molecule has 6 heteroatoms. The number of halogens is 1. The van der Waals surface area contributed by atoms with Gasteiger partial charge in [-0.3, -0.25) is 0 Å². The van der Waals surface area contributed by atoms with Crippen molar-refractivity contribution in [3.05, 3.63) is 109 Å². The summed E-state index contributed by atoms with van der Waals surface area (Å²) in [7, 11) is 0. The van der Waals surface area contributed by atoms with Gasteiger partial charge in [-0.25, -0.2) is 0 Å². The molecule has 0 saturated heterocycles. The van der Waals surface area contributed by atoms with Crippen LogP contribution in [0.15, 0.2) is 72.8 Å². The average molecular weight is 883 g/mol. The molecule has 52 heavy (non-hydrogen) atoms. The van der Waals surface area contributed by atoms with Crippen molar-refractivity contribution >= 4 is 11.6 Å². The Balaban J connectivity index is 0.000000501. The normalized spacial score (nSPS) is 23.9. The smallest absolute Gasteiger partial charge is 0.0790 e. The first-order chi connectivity index (χ1) is 24.3. The molecule has 286 valence electrons. The van der Waals surface area contributed by atoms with Crippen LogP contribution in [0.1, 0.15) is 176 Å². The zero-order valence-electron chi connectivity index (χ0n) is 32.6. The van der Waals surface area contributed by atoms with Crippen LogP contribution < -0.4 is 0 Å². The Morgan fingerprint density at radius 1 is 0.635 bits per heavy atom. The first kappa shape index (κ1) is 50.3. The van der Waals surface area contributed by atoms with Crippen LogP contribution >= 0.6 is 11.6 Å². The van der Waals surface area contributed by atoms with Crippen molar-refractivity contribution in [2.24, 2.45) is 11.8 Å². The molecule has 2 fully saturated rings. The van der Waals surface area contributed by atoms with Crippen molar-refractivity contribution in [1.82, 2.24) is 0 Å². The van der Waals surface area contributed by atoms with E-state index in [1.165, 1.54) is 43.2 Å². The van der Waals surface area contributed by atoms with Crippen LogP contribution in [0.3, 0.4) is 0 Å². The van der Waals surface area contributed by atoms with Crippen LogP contribution in [0, 0.1) is 25.7 Å². The monoisotopic (exact) mass is 882 g/mol. The first-order valence-electron chi connectivity index (χ1n) is 20.1. The molecule has 2 aromatic rings. The predicted molar refractivity (Wildman–Crippen MR) is 214 cm³/mol. The first-order valence-corrected chi connectivity index (χ1v) is 20.5. The molecule has 2 aliphatic carbocycles. The van der Waals surface area contributed by atoms with E-state index in [4.69, 9.17) is 11.6 Å². The van der Waals surface area contributed by atoms with Gasteiger partial charge in [0.25, 0.3) is 0 Å². The fourth-order valence-corrected chi connectivity index (χ4v) is 8.47. The van der Waals surface area contributed by atoms with Gasteiger partial charge >= 0.3 is 0 Å². The van der Waals surface area contributed by atoms with Crippen LogP contribution in [0.25, 0.3) is 0 Å². The molecule has 0 spiro atoms. The minimum atomic E-state index is -0.365. The van der Waals surface area contributed by atoms with Crippen LogP contribution in [-0.4, -0.2) is 26.8 Å². The number of aliphatic hydroxyl groups is 3. The van der Waals surface area contributed by atoms with Crippen molar-refractivity contribution < 1.29 is 80.7 Å². The van der Waals surface area contributed by atoms with E-state index in [1.54, 1.807) is 0 Å². The molecule has 0 heterocycles. The topological polar surface area (TPSA) is 60.7 Å². The van der Waals surface area contributed by atoms with Gasteiger partial charge in [-0.15, -0.1) is 11.6 Å². The minimum absolute atomic E-state index is 0. The molecule has 8 atom stereocenters. The fraction of sp³-hybridized carbons (Fsp3) is 0.609. The second-order valence-corrected chi connectivity index (χ2v) is 15.4. The maximum absolute atomic E-state index is 10.5. The Bertz CT molecular complexity index is 1120. The molecule has 2 unspecified atom stereocenters. The van der Waals surface area contributed by atoms with E-state index in [1.807, 2.05) is 12.1 Å². The standard InChI is InChI=1S/C23H34ClO.C23H35O2.2Y/c1-3-5-7-9-10-19-16-17-21(24)23(19)20-14-12-18(13-15-20)22(25)11-8-6-4-2;1-3-5-7-9-10-19-16-17-22(25)23(19)20-14-12-18(13-15-20)21(24)11-8-6-4-2;;/h7,9,12-15,19,21-23,25H,1,3-6,8,10-11,16-17H2,2H3;7,9,12-15,19,21-25H,1,3-6,8,10-11,16-17H2,2H3;;/q2*-1;;/b2*9-7-;;/t19-,21-,22?,23-;19-,21?,22+,23-;;/m00../s1. The third-order valence-corrected chi connectivity index (χ3v) is 11.5. The summed E-state index contributed by atoms with van der Waals surface area (Å²) in [5, 5.41) is 31.3. The Labute approximate surface area is 374 Å². The molecule has 0 amide bonds. The summed E-state index contributed by atoms with van der Waals surface area (Å²) in [5.41, 5.74) is 4.58. The molecule has 4 rings (SSSR count). The maximum atomic E-state index is 10.5. The van der Waals surface area contributed by atoms with Crippen molar-refractivity contribution in [3.63, 3.8) is 0 Å². The van der Waals surface area contributed by atoms with Crippen molar-refractivity contribution in [3.8, 4) is 0 Å². The summed E-state index contributed by atoms with van der Waals surface area (Å²) in [4.78, 5) is 0. The zero-order valence-corrected chi connectivity index (χ0v) is 39.0. The van der Waals surface area contributed by atoms with Crippen LogP contribution in [-0.2, 0) is 65.4 Å². The molecule has 3 N–H and O–H groups in total. The summed E-state index contributed by atoms with van der Waals surface area (Å²) < 4.78 is 0. The second kappa shape index (κ2) is 29.5. The van der Waals surface area contributed by atoms with Crippen molar-refractivity contribution in [1.29, 1.82) is 0 Å². The molecule has 0 aromatic heterocycles. The number of allylic oxidation sites excluding steroid dienone is 4. The summed E-state index contributed by atoms with van der Waals surface area (Å²) in [6.45, 7) is 12.1. The van der Waals surface area contributed by atoms with Gasteiger partial charge in [0.05, 0.1) is 18.3 Å². The number of hydrogen-bond acceptors (Lipinski definition) is 3. The number of aliphatic hydroxyl groups excluding tert-OH is 3. The van der Waals surface area contributed by atoms with Crippen molar-refractivity contribution in [2.45, 2.75) is 165 Å². The van der Waals surface area contributed by atoms with Crippen LogP contribution in [0.5, 0.6) is 0 Å². The summed E-state index contributed by atoms with van der Waals surface area (Å²) in [6.07, 6.45) is 27.1. The Hall–Kier alpha value is 0.298. The number of benzene rings is 2. The van der Waals surface area contributed by atoms with Gasteiger partial charge in [0, 0.05) is 82.6 Å². The summed E-state index contributed by atoms with van der Waals surface area (Å²) in [5.74, 6) is 1.79. The van der Waals surface area contributed by atoms with E-state index < -0.39 is 0 Å². The van der Waals surface area contributed by atoms with Gasteiger partial charge in [0.2, 0.25) is 0 Å². The van der Waals surface area contributed by atoms with Gasteiger partial charge in [-0.2, -0.15) is 12.8 Å². The van der Waals surface area contributed by atoms with Gasteiger partial charge in [-0.05, 0) is 85.5 Å². The predicted octanol–water partition coefficient (Wildman–Crippen LogP) is 12.7. The summed E-state index contributed by atoms with van der Waals surface area (Å²) >= 11 is 6.65. The van der Waals surface area contributed by atoms with E-state index in [-0.39, 0.29) is 95.0 Å². The van der Waals surface area contributed by atoms with E-state index >= 15 is 0 Å². The number of alkyl halides is 1. The van der Waals surface area contributed by atoms with Crippen LogP contribution in [0.4, 0.5) is 0 Å². The SMILES string of the molecule is [CH2-]CC/C=C\C[C@H]1CC[C@@H](O)[C@@H]1c1ccc(C(O)CCCCC)cc1.[CH2-]CC/C=C\C[C@H]1CC[C@H](Cl)[C@@H]1c1ccc(C(O)CCCCC)cc1.[Y].[Y]. The van der Waals surface area contributed by atoms with Gasteiger partial charge in [0.15, 0.2) is 0 Å². The Morgan fingerprint density at radius 3 is 1.50 bits per heavy atom. The van der Waals surface area contributed by atoms with E-state index in [0.29, 0.717) is 17.8 Å². The molecule has 2 saturated carbocycles. The minimum Gasteiger partial charge on any atom is -0.392 e. The fourth-order valence-electron chi connectivity index (χ4n) is 7.99. The molecule has 0 aliphatic heterocycles. The average Bonchev–Trinajstić information content (AvgIpc) is 3.69. The van der Waals surface area contributed by atoms with E-state index in [0.717, 1.165) is 94.6 Å². The molecule has 0 bridgehead atoms. The molecule has 2 aromatic carbocycles. The van der Waals surface area contributed by atoms with Gasteiger partial charge < -0.3 is 29.2 Å². The third kappa shape index (κ3) is 17.2. The third-order valence-electron chi connectivity index (χ3n) is 11.0.